The number of hydrogen-bond acceptors (Lipinski definition) is 7. The van der Waals surface area contributed by atoms with Crippen LogP contribution in [-0.4, -0.2) is 74.0 Å². The Morgan fingerprint density at radius 3 is 2.94 bits per heavy atom. The minimum atomic E-state index is -4.52. The zero-order valence-electron chi connectivity index (χ0n) is 16.9. The lowest BCUT2D eigenvalue weighted by atomic mass is 10.1. The van der Waals surface area contributed by atoms with Gasteiger partial charge in [0.2, 0.25) is 11.8 Å². The molecule has 0 aromatic carbocycles. The van der Waals surface area contributed by atoms with Gasteiger partial charge < -0.3 is 20.1 Å². The van der Waals surface area contributed by atoms with Crippen LogP contribution in [0.4, 0.5) is 19.0 Å². The van der Waals surface area contributed by atoms with Gasteiger partial charge in [-0.05, 0) is 25.0 Å². The highest BCUT2D eigenvalue weighted by atomic mass is 19.4. The van der Waals surface area contributed by atoms with E-state index >= 15 is 0 Å². The number of carbonyl (C=O) groups excluding carboxylic acids is 1. The van der Waals surface area contributed by atoms with Crippen LogP contribution in [0.1, 0.15) is 12.8 Å². The van der Waals surface area contributed by atoms with E-state index in [0.29, 0.717) is 30.6 Å². The lowest BCUT2D eigenvalue weighted by Gasteiger charge is -2.33. The molecule has 3 aromatic rings. The molecule has 3 aromatic heterocycles. The highest BCUT2D eigenvalue weighted by Gasteiger charge is 2.29. The molecule has 0 spiro atoms. The molecule has 1 aliphatic rings. The van der Waals surface area contributed by atoms with Gasteiger partial charge in [-0.15, -0.1) is 0 Å². The molecule has 1 aliphatic heterocycles. The molecule has 2 N–H and O–H groups in total. The summed E-state index contributed by atoms with van der Waals surface area (Å²) in [7, 11) is 0. The van der Waals surface area contributed by atoms with E-state index in [4.69, 9.17) is 9.84 Å². The molecule has 1 atom stereocenters. The standard InChI is InChI=1S/C20H21F3N6O3/c21-20(22,23)12-32-17-8-16(25-13-4-3-6-28(10-13)18(31)11-30)26-19(27-17)14-9-24-29-7-2-1-5-15(14)29/h1-2,5,7-9,13,30H,3-4,6,10-12H2,(H,25,26,27)/t13-/m1/s1. The number of aliphatic hydroxyl groups excluding tert-OH is 1. The van der Waals surface area contributed by atoms with Crippen LogP contribution in [0.3, 0.4) is 0 Å². The monoisotopic (exact) mass is 450 g/mol. The van der Waals surface area contributed by atoms with E-state index in [0.717, 1.165) is 6.42 Å². The first-order valence-electron chi connectivity index (χ1n) is 9.99. The Bertz CT molecular complexity index is 1100. The van der Waals surface area contributed by atoms with Crippen molar-refractivity contribution in [1.29, 1.82) is 0 Å². The summed E-state index contributed by atoms with van der Waals surface area (Å²) < 4.78 is 44.6. The fourth-order valence-corrected chi connectivity index (χ4v) is 3.59. The number of carbonyl (C=O) groups is 1. The van der Waals surface area contributed by atoms with E-state index in [1.54, 1.807) is 28.9 Å². The SMILES string of the molecule is O=C(CO)N1CCC[C@@H](Nc2cc(OCC(F)(F)F)nc(-c3cnn4ccccc34)n2)C1. The number of rotatable bonds is 6. The van der Waals surface area contributed by atoms with Gasteiger partial charge in [-0.25, -0.2) is 9.50 Å². The maximum Gasteiger partial charge on any atom is 0.422 e. The van der Waals surface area contributed by atoms with Gasteiger partial charge in [-0.3, -0.25) is 4.79 Å². The quantitative estimate of drug-likeness (QED) is 0.593. The number of anilines is 1. The Kier molecular flexibility index (Phi) is 6.12. The molecule has 1 fully saturated rings. The summed E-state index contributed by atoms with van der Waals surface area (Å²) in [6.45, 7) is -1.18. The average Bonchev–Trinajstić information content (AvgIpc) is 3.21. The number of nitrogens with one attached hydrogen (secondary N) is 1. The van der Waals surface area contributed by atoms with Gasteiger partial charge >= 0.3 is 6.18 Å². The van der Waals surface area contributed by atoms with Crippen LogP contribution in [-0.2, 0) is 4.79 Å². The number of pyridine rings is 1. The van der Waals surface area contributed by atoms with Gasteiger partial charge in [-0.2, -0.15) is 23.3 Å². The van der Waals surface area contributed by atoms with E-state index in [2.05, 4.69) is 20.4 Å². The fraction of sp³-hybridized carbons (Fsp3) is 0.400. The molecule has 0 bridgehead atoms. The molecule has 9 nitrogen and oxygen atoms in total. The Balaban J connectivity index is 1.64. The van der Waals surface area contributed by atoms with E-state index in [1.165, 1.54) is 17.2 Å². The number of ether oxygens (including phenoxy) is 1. The lowest BCUT2D eigenvalue weighted by molar-refractivity contribution is -0.154. The number of amides is 1. The van der Waals surface area contributed by atoms with Crippen molar-refractivity contribution in [3.8, 4) is 17.3 Å². The van der Waals surface area contributed by atoms with Crippen LogP contribution in [0.15, 0.2) is 36.7 Å². The molecule has 170 valence electrons. The lowest BCUT2D eigenvalue weighted by Crippen LogP contribution is -2.46. The van der Waals surface area contributed by atoms with Crippen LogP contribution in [0, 0.1) is 0 Å². The van der Waals surface area contributed by atoms with E-state index in [-0.39, 0.29) is 29.5 Å². The number of likely N-dealkylation sites (tertiary alicyclic amines) is 1. The summed E-state index contributed by atoms with van der Waals surface area (Å²) in [6.07, 6.45) is 0.190. The third-order valence-corrected chi connectivity index (χ3v) is 5.02. The summed E-state index contributed by atoms with van der Waals surface area (Å²) in [5.41, 5.74) is 1.22. The number of nitrogens with zero attached hydrogens (tertiary/aromatic N) is 5. The molecule has 0 saturated carbocycles. The highest BCUT2D eigenvalue weighted by Crippen LogP contribution is 2.27. The molecule has 0 radical (unpaired) electrons. The van der Waals surface area contributed by atoms with Crippen molar-refractivity contribution in [1.82, 2.24) is 24.5 Å². The van der Waals surface area contributed by atoms with Crippen molar-refractivity contribution >= 4 is 17.2 Å². The summed E-state index contributed by atoms with van der Waals surface area (Å²) in [6, 6.07) is 6.50. The number of alkyl halides is 3. The second kappa shape index (κ2) is 8.99. The molecule has 4 heterocycles. The number of aliphatic hydroxyl groups is 1. The van der Waals surface area contributed by atoms with Gasteiger partial charge in [0.05, 0.1) is 17.3 Å². The Hall–Kier alpha value is -3.41. The van der Waals surface area contributed by atoms with Crippen LogP contribution < -0.4 is 10.1 Å². The van der Waals surface area contributed by atoms with Crippen LogP contribution >= 0.6 is 0 Å². The summed E-state index contributed by atoms with van der Waals surface area (Å²) in [5.74, 6) is -0.178. The fourth-order valence-electron chi connectivity index (χ4n) is 3.59. The largest absolute Gasteiger partial charge is 0.468 e. The molecular weight excluding hydrogens is 429 g/mol. The number of fused-ring (bicyclic) bond motifs is 1. The summed E-state index contributed by atoms with van der Waals surface area (Å²) >= 11 is 0. The summed E-state index contributed by atoms with van der Waals surface area (Å²) in [5, 5.41) is 16.5. The average molecular weight is 450 g/mol. The maximum absolute atomic E-state index is 12.7. The van der Waals surface area contributed by atoms with E-state index in [9.17, 15) is 18.0 Å². The highest BCUT2D eigenvalue weighted by molar-refractivity contribution is 5.77. The van der Waals surface area contributed by atoms with Crippen molar-refractivity contribution < 1.29 is 27.8 Å². The Morgan fingerprint density at radius 1 is 1.31 bits per heavy atom. The third kappa shape index (κ3) is 5.07. The Labute approximate surface area is 180 Å². The molecule has 32 heavy (non-hydrogen) atoms. The van der Waals surface area contributed by atoms with Gasteiger partial charge in [0.15, 0.2) is 12.4 Å². The van der Waals surface area contributed by atoms with Gasteiger partial charge in [0, 0.05) is 31.4 Å². The molecule has 4 rings (SSSR count). The zero-order valence-corrected chi connectivity index (χ0v) is 16.9. The van der Waals surface area contributed by atoms with Crippen molar-refractivity contribution in [3.05, 3.63) is 36.7 Å². The molecule has 1 amide bonds. The van der Waals surface area contributed by atoms with Crippen molar-refractivity contribution in [2.24, 2.45) is 0 Å². The number of piperidine rings is 1. The van der Waals surface area contributed by atoms with Gasteiger partial charge in [0.1, 0.15) is 12.4 Å². The van der Waals surface area contributed by atoms with Crippen LogP contribution in [0.25, 0.3) is 16.9 Å². The van der Waals surface area contributed by atoms with Gasteiger partial charge in [0.25, 0.3) is 0 Å². The third-order valence-electron chi connectivity index (χ3n) is 5.02. The predicted molar refractivity (Wildman–Crippen MR) is 108 cm³/mol. The number of aromatic nitrogens is 4. The van der Waals surface area contributed by atoms with Crippen molar-refractivity contribution in [2.45, 2.75) is 25.1 Å². The molecule has 0 aliphatic carbocycles. The van der Waals surface area contributed by atoms with Crippen molar-refractivity contribution in [3.63, 3.8) is 0 Å². The normalized spacial score (nSPS) is 16.9. The van der Waals surface area contributed by atoms with Crippen LogP contribution in [0.2, 0.25) is 0 Å². The first kappa shape index (κ1) is 21.8. The zero-order chi connectivity index (χ0) is 22.7. The second-order valence-corrected chi connectivity index (χ2v) is 7.39. The molecule has 0 unspecified atom stereocenters. The van der Waals surface area contributed by atoms with Crippen LogP contribution in [0.5, 0.6) is 5.88 Å². The summed E-state index contributed by atoms with van der Waals surface area (Å²) in [4.78, 5) is 22.0. The Morgan fingerprint density at radius 2 is 2.16 bits per heavy atom. The van der Waals surface area contributed by atoms with Crippen molar-refractivity contribution in [2.75, 3.05) is 31.6 Å². The predicted octanol–water partition coefficient (Wildman–Crippen LogP) is 2.13. The molecular formula is C20H21F3N6O3. The second-order valence-electron chi connectivity index (χ2n) is 7.39. The smallest absolute Gasteiger partial charge is 0.422 e. The first-order chi connectivity index (χ1) is 15.3. The topological polar surface area (TPSA) is 105 Å². The van der Waals surface area contributed by atoms with Gasteiger partial charge in [-0.1, -0.05) is 6.07 Å². The number of hydrogen-bond donors (Lipinski definition) is 2. The maximum atomic E-state index is 12.7. The minimum absolute atomic E-state index is 0.160. The minimum Gasteiger partial charge on any atom is -0.468 e. The first-order valence-corrected chi connectivity index (χ1v) is 9.99. The van der Waals surface area contributed by atoms with E-state index < -0.39 is 19.4 Å². The molecule has 1 saturated heterocycles. The molecule has 12 heteroatoms. The number of halogens is 3. The van der Waals surface area contributed by atoms with E-state index in [1.807, 2.05) is 0 Å².